The van der Waals surface area contributed by atoms with E-state index in [9.17, 15) is 14.0 Å². The highest BCUT2D eigenvalue weighted by Gasteiger charge is 2.10. The van der Waals surface area contributed by atoms with Crippen LogP contribution in [0.25, 0.3) is 0 Å². The number of hydrogen-bond acceptors (Lipinski definition) is 4. The number of amides is 2. The summed E-state index contributed by atoms with van der Waals surface area (Å²) in [6, 6.07) is 13.2. The fraction of sp³-hybridized carbons (Fsp3) is 0.263. The first-order chi connectivity index (χ1) is 12.5. The molecule has 1 atom stereocenters. The van der Waals surface area contributed by atoms with Crippen molar-refractivity contribution in [2.45, 2.75) is 19.6 Å². The van der Waals surface area contributed by atoms with E-state index in [4.69, 9.17) is 10.5 Å². The Labute approximate surface area is 163 Å². The van der Waals surface area contributed by atoms with E-state index in [1.54, 1.807) is 24.3 Å². The number of benzene rings is 2. The minimum atomic E-state index is -0.379. The van der Waals surface area contributed by atoms with Gasteiger partial charge >= 0.3 is 0 Å². The Morgan fingerprint density at radius 2 is 1.70 bits per heavy atom. The molecule has 2 rings (SSSR count). The third kappa shape index (κ3) is 7.64. The smallest absolute Gasteiger partial charge is 0.239 e. The highest BCUT2D eigenvalue weighted by molar-refractivity contribution is 5.85. The third-order valence-corrected chi connectivity index (χ3v) is 3.71. The second-order valence-electron chi connectivity index (χ2n) is 5.75. The molecule has 0 saturated carbocycles. The molecule has 0 aliphatic rings. The molecule has 0 saturated heterocycles. The third-order valence-electron chi connectivity index (χ3n) is 3.71. The van der Waals surface area contributed by atoms with Gasteiger partial charge in [-0.25, -0.2) is 4.39 Å². The highest BCUT2D eigenvalue weighted by atomic mass is 35.5. The molecule has 1 unspecified atom stereocenters. The van der Waals surface area contributed by atoms with Gasteiger partial charge in [-0.15, -0.1) is 12.4 Å². The van der Waals surface area contributed by atoms with Gasteiger partial charge in [-0.05, 0) is 42.3 Å². The number of hydrogen-bond donors (Lipinski definition) is 3. The lowest BCUT2D eigenvalue weighted by Gasteiger charge is -2.15. The summed E-state index contributed by atoms with van der Waals surface area (Å²) in [4.78, 5) is 22.8. The standard InChI is InChI=1S/C19H22FN3O3.ClH/c1-13(23-19(25)11-22-18(24)10-21)15-4-8-17(9-5-15)26-12-14-2-6-16(20)7-3-14;/h2-9,13H,10-12,21H2,1H3,(H,22,24)(H,23,25);1H. The van der Waals surface area contributed by atoms with Crippen LogP contribution in [0.15, 0.2) is 48.5 Å². The molecule has 146 valence electrons. The van der Waals surface area contributed by atoms with E-state index in [0.717, 1.165) is 11.1 Å². The van der Waals surface area contributed by atoms with Crippen LogP contribution in [0.4, 0.5) is 4.39 Å². The van der Waals surface area contributed by atoms with Gasteiger partial charge in [0.25, 0.3) is 0 Å². The van der Waals surface area contributed by atoms with E-state index in [-0.39, 0.29) is 49.2 Å². The fourth-order valence-corrected chi connectivity index (χ4v) is 2.23. The van der Waals surface area contributed by atoms with Gasteiger partial charge in [0.05, 0.1) is 19.1 Å². The lowest BCUT2D eigenvalue weighted by atomic mass is 10.1. The summed E-state index contributed by atoms with van der Waals surface area (Å²) in [6.07, 6.45) is 0. The quantitative estimate of drug-likeness (QED) is 0.638. The molecule has 27 heavy (non-hydrogen) atoms. The van der Waals surface area contributed by atoms with Crippen molar-refractivity contribution in [3.63, 3.8) is 0 Å². The Morgan fingerprint density at radius 3 is 2.30 bits per heavy atom. The Hall–Kier alpha value is -2.64. The van der Waals surface area contributed by atoms with Crippen molar-refractivity contribution in [3.8, 4) is 5.75 Å². The Balaban J connectivity index is 0.00000364. The second-order valence-corrected chi connectivity index (χ2v) is 5.75. The fourth-order valence-electron chi connectivity index (χ4n) is 2.23. The topological polar surface area (TPSA) is 93.5 Å². The van der Waals surface area contributed by atoms with Gasteiger partial charge in [-0.1, -0.05) is 24.3 Å². The molecule has 2 aromatic carbocycles. The van der Waals surface area contributed by atoms with Gasteiger partial charge in [0.2, 0.25) is 11.8 Å². The molecule has 0 spiro atoms. The molecule has 0 fully saturated rings. The summed E-state index contributed by atoms with van der Waals surface area (Å²) in [5, 5.41) is 5.20. The lowest BCUT2D eigenvalue weighted by Crippen LogP contribution is -2.40. The Kier molecular flexibility index (Phi) is 9.25. The van der Waals surface area contributed by atoms with Crippen molar-refractivity contribution in [1.82, 2.24) is 10.6 Å². The maximum atomic E-state index is 12.9. The zero-order valence-electron chi connectivity index (χ0n) is 14.9. The van der Waals surface area contributed by atoms with E-state index in [0.29, 0.717) is 12.4 Å². The molecule has 0 bridgehead atoms. The van der Waals surface area contributed by atoms with E-state index in [1.165, 1.54) is 12.1 Å². The zero-order chi connectivity index (χ0) is 18.9. The van der Waals surface area contributed by atoms with Crippen LogP contribution in [0.2, 0.25) is 0 Å². The molecule has 2 amide bonds. The number of carbonyl (C=O) groups excluding carboxylic acids is 2. The summed E-state index contributed by atoms with van der Waals surface area (Å²) in [5.41, 5.74) is 6.93. The van der Waals surface area contributed by atoms with E-state index < -0.39 is 0 Å². The number of ether oxygens (including phenoxy) is 1. The predicted molar refractivity (Wildman–Crippen MR) is 103 cm³/mol. The van der Waals surface area contributed by atoms with E-state index >= 15 is 0 Å². The van der Waals surface area contributed by atoms with Crippen molar-refractivity contribution in [3.05, 3.63) is 65.5 Å². The first-order valence-corrected chi connectivity index (χ1v) is 8.21. The molecule has 0 aliphatic heterocycles. The van der Waals surface area contributed by atoms with Crippen LogP contribution in [0.1, 0.15) is 24.1 Å². The molecule has 8 heteroatoms. The Bertz CT molecular complexity index is 739. The molecular weight excluding hydrogens is 373 g/mol. The summed E-state index contributed by atoms with van der Waals surface area (Å²) in [5.74, 6) is -0.282. The van der Waals surface area contributed by atoms with Gasteiger partial charge in [0.15, 0.2) is 0 Å². The van der Waals surface area contributed by atoms with Crippen molar-refractivity contribution in [2.24, 2.45) is 5.73 Å². The SMILES string of the molecule is CC(NC(=O)CNC(=O)CN)c1ccc(OCc2ccc(F)cc2)cc1.Cl. The van der Waals surface area contributed by atoms with Crippen LogP contribution in [0.3, 0.4) is 0 Å². The van der Waals surface area contributed by atoms with Gasteiger partial charge in [0, 0.05) is 0 Å². The van der Waals surface area contributed by atoms with Crippen LogP contribution in [0, 0.1) is 5.82 Å². The summed E-state index contributed by atoms with van der Waals surface area (Å²) in [7, 11) is 0. The number of halogens is 2. The van der Waals surface area contributed by atoms with E-state index in [2.05, 4.69) is 10.6 Å². The number of nitrogens with two attached hydrogens (primary N) is 1. The van der Waals surface area contributed by atoms with Crippen LogP contribution in [-0.4, -0.2) is 24.9 Å². The average molecular weight is 396 g/mol. The predicted octanol–water partition coefficient (Wildman–Crippen LogP) is 2.08. The monoisotopic (exact) mass is 395 g/mol. The number of rotatable bonds is 8. The molecule has 0 heterocycles. The first-order valence-electron chi connectivity index (χ1n) is 8.21. The average Bonchev–Trinajstić information content (AvgIpc) is 2.66. The van der Waals surface area contributed by atoms with Gasteiger partial charge in [-0.3, -0.25) is 9.59 Å². The summed E-state index contributed by atoms with van der Waals surface area (Å²) < 4.78 is 18.5. The summed E-state index contributed by atoms with van der Waals surface area (Å²) >= 11 is 0. The maximum Gasteiger partial charge on any atom is 0.239 e. The molecular formula is C19H23ClFN3O3. The van der Waals surface area contributed by atoms with Gasteiger partial charge in [0.1, 0.15) is 18.2 Å². The van der Waals surface area contributed by atoms with Crippen molar-refractivity contribution >= 4 is 24.2 Å². The van der Waals surface area contributed by atoms with Crippen LogP contribution >= 0.6 is 12.4 Å². The molecule has 4 N–H and O–H groups in total. The molecule has 2 aromatic rings. The van der Waals surface area contributed by atoms with Gasteiger partial charge in [-0.2, -0.15) is 0 Å². The van der Waals surface area contributed by atoms with Gasteiger partial charge < -0.3 is 21.1 Å². The zero-order valence-corrected chi connectivity index (χ0v) is 15.7. The van der Waals surface area contributed by atoms with Crippen molar-refractivity contribution in [2.75, 3.05) is 13.1 Å². The van der Waals surface area contributed by atoms with Crippen LogP contribution in [-0.2, 0) is 16.2 Å². The van der Waals surface area contributed by atoms with Crippen LogP contribution in [0.5, 0.6) is 5.75 Å². The van der Waals surface area contributed by atoms with E-state index in [1.807, 2.05) is 19.1 Å². The first kappa shape index (κ1) is 22.4. The lowest BCUT2D eigenvalue weighted by molar-refractivity contribution is -0.125. The minimum Gasteiger partial charge on any atom is -0.489 e. The molecule has 0 aromatic heterocycles. The van der Waals surface area contributed by atoms with Crippen molar-refractivity contribution in [1.29, 1.82) is 0 Å². The molecule has 0 radical (unpaired) electrons. The second kappa shape index (κ2) is 11.2. The normalized spacial score (nSPS) is 11.1. The minimum absolute atomic E-state index is 0. The number of nitrogens with one attached hydrogen (secondary N) is 2. The highest BCUT2D eigenvalue weighted by Crippen LogP contribution is 2.18. The Morgan fingerprint density at radius 1 is 1.07 bits per heavy atom. The van der Waals surface area contributed by atoms with Crippen LogP contribution < -0.4 is 21.1 Å². The number of carbonyl (C=O) groups is 2. The summed E-state index contributed by atoms with van der Waals surface area (Å²) in [6.45, 7) is 1.92. The molecule has 0 aliphatic carbocycles. The van der Waals surface area contributed by atoms with Crippen molar-refractivity contribution < 1.29 is 18.7 Å². The molecule has 6 nitrogen and oxygen atoms in total. The largest absolute Gasteiger partial charge is 0.489 e. The maximum absolute atomic E-state index is 12.9.